The molecule has 204 valence electrons. The molecule has 0 aromatic rings. The summed E-state index contributed by atoms with van der Waals surface area (Å²) in [5.41, 5.74) is -1.08. The lowest BCUT2D eigenvalue weighted by Crippen LogP contribution is -2.60. The van der Waals surface area contributed by atoms with Crippen molar-refractivity contribution in [3.05, 3.63) is 0 Å². The number of hydrogen-bond acceptors (Lipinski definition) is 5. The molecule has 0 aliphatic carbocycles. The average molecular weight is 508 g/mol. The number of carbonyl (C=O) groups is 5. The summed E-state index contributed by atoms with van der Waals surface area (Å²) in [6.45, 7) is 16.2. The maximum atomic E-state index is 13.8. The van der Waals surface area contributed by atoms with E-state index in [-0.39, 0.29) is 36.0 Å². The van der Waals surface area contributed by atoms with E-state index in [1.54, 1.807) is 4.90 Å². The maximum Gasteiger partial charge on any atom is 0.315 e. The molecule has 2 rings (SSSR count). The molecule has 0 bridgehead atoms. The highest BCUT2D eigenvalue weighted by molar-refractivity contribution is 5.93. The van der Waals surface area contributed by atoms with E-state index in [0.717, 1.165) is 0 Å². The summed E-state index contributed by atoms with van der Waals surface area (Å²) in [6, 6.07) is -2.88. The van der Waals surface area contributed by atoms with Crippen LogP contribution in [0.15, 0.2) is 0 Å². The molecule has 5 amide bonds. The summed E-state index contributed by atoms with van der Waals surface area (Å²) in [4.78, 5) is 65.1. The number of nitrogens with one attached hydrogen (secondary N) is 4. The van der Waals surface area contributed by atoms with Gasteiger partial charge in [-0.3, -0.25) is 14.4 Å². The molecule has 0 aromatic heterocycles. The number of nitrogens with zero attached hydrogens (tertiary/aromatic N) is 1. The van der Waals surface area contributed by atoms with E-state index in [2.05, 4.69) is 35.1 Å². The molecule has 2 heterocycles. The van der Waals surface area contributed by atoms with Gasteiger partial charge in [-0.1, -0.05) is 34.6 Å². The monoisotopic (exact) mass is 507 g/mol. The second-order valence-corrected chi connectivity index (χ2v) is 12.7. The summed E-state index contributed by atoms with van der Waals surface area (Å²) >= 11 is 0. The lowest BCUT2D eigenvalue weighted by atomic mass is 9.85. The average Bonchev–Trinajstić information content (AvgIpc) is 3.35. The normalized spacial score (nSPS) is 24.2. The number of rotatable bonds is 8. The zero-order valence-corrected chi connectivity index (χ0v) is 23.1. The van der Waals surface area contributed by atoms with Crippen LogP contribution in [0.25, 0.3) is 0 Å². The minimum absolute atomic E-state index is 0.101. The summed E-state index contributed by atoms with van der Waals surface area (Å²) in [5.74, 6) is -0.819. The van der Waals surface area contributed by atoms with Crippen LogP contribution in [0.2, 0.25) is 0 Å². The van der Waals surface area contributed by atoms with Crippen molar-refractivity contribution in [2.75, 3.05) is 13.1 Å². The molecule has 4 N–H and O–H groups in total. The number of carbonyl (C=O) groups excluding carboxylic acids is 5. The van der Waals surface area contributed by atoms with Crippen LogP contribution in [0.3, 0.4) is 0 Å². The molecular formula is C26H45N5O5. The second-order valence-electron chi connectivity index (χ2n) is 12.7. The maximum absolute atomic E-state index is 13.8. The third kappa shape index (κ3) is 7.93. The van der Waals surface area contributed by atoms with Crippen LogP contribution in [0.5, 0.6) is 0 Å². The number of likely N-dealkylation sites (tertiary alicyclic amines) is 1. The van der Waals surface area contributed by atoms with Crippen LogP contribution in [0.4, 0.5) is 4.79 Å². The van der Waals surface area contributed by atoms with Crippen molar-refractivity contribution in [2.24, 2.45) is 23.2 Å². The summed E-state index contributed by atoms with van der Waals surface area (Å²) in [6.07, 6.45) is 1.98. The van der Waals surface area contributed by atoms with Crippen molar-refractivity contribution in [1.29, 1.82) is 0 Å². The molecule has 10 heteroatoms. The van der Waals surface area contributed by atoms with Gasteiger partial charge in [0.15, 0.2) is 0 Å². The van der Waals surface area contributed by atoms with E-state index in [1.165, 1.54) is 0 Å². The minimum atomic E-state index is -0.856. The fourth-order valence-electron chi connectivity index (χ4n) is 4.77. The molecule has 0 aromatic carbocycles. The van der Waals surface area contributed by atoms with Crippen LogP contribution in [0.1, 0.15) is 74.7 Å². The van der Waals surface area contributed by atoms with E-state index in [4.69, 9.17) is 0 Å². The van der Waals surface area contributed by atoms with Gasteiger partial charge in [0, 0.05) is 24.5 Å². The van der Waals surface area contributed by atoms with E-state index >= 15 is 0 Å². The molecule has 2 fully saturated rings. The van der Waals surface area contributed by atoms with Gasteiger partial charge in [0.05, 0.1) is 6.04 Å². The summed E-state index contributed by atoms with van der Waals surface area (Å²) in [5, 5.41) is 11.2. The first kappa shape index (κ1) is 29.6. The lowest BCUT2D eigenvalue weighted by Gasteiger charge is -2.36. The molecule has 2 aliphatic heterocycles. The molecule has 2 aliphatic rings. The molecule has 36 heavy (non-hydrogen) atoms. The standard InChI is InChI=1S/C26H45N5O5/c1-15(2)17-12-19(22(34)28-18(14-32)11-16-9-10-27-21(16)33)31(13-17)23(35)20(25(3,4)5)29-24(36)30-26(6,7)8/h14-20H,9-13H2,1-8H3,(H,27,33)(H,28,34)(H2,29,30,36)/t16-,17+,18-,19-,20+/m0/s1. The first-order chi connectivity index (χ1) is 16.5. The highest BCUT2D eigenvalue weighted by Crippen LogP contribution is 2.32. The summed E-state index contributed by atoms with van der Waals surface area (Å²) < 4.78 is 0. The van der Waals surface area contributed by atoms with Gasteiger partial charge in [0.25, 0.3) is 0 Å². The molecule has 5 atom stereocenters. The van der Waals surface area contributed by atoms with Crippen molar-refractivity contribution in [1.82, 2.24) is 26.2 Å². The summed E-state index contributed by atoms with van der Waals surface area (Å²) in [7, 11) is 0. The molecule has 0 saturated carbocycles. The van der Waals surface area contributed by atoms with Gasteiger partial charge in [-0.25, -0.2) is 4.79 Å². The Morgan fingerprint density at radius 2 is 1.75 bits per heavy atom. The Labute approximate surface area is 215 Å². The van der Waals surface area contributed by atoms with Crippen molar-refractivity contribution in [2.45, 2.75) is 98.3 Å². The Balaban J connectivity index is 2.23. The SMILES string of the molecule is CC(C)[C@@H]1C[C@@H](C(=O)N[C@H](C=O)C[C@@H]2CCNC2=O)N(C(=O)[C@@H](NC(=O)NC(C)(C)C)C(C)(C)C)C1. The molecule has 10 nitrogen and oxygen atoms in total. The van der Waals surface area contributed by atoms with Crippen molar-refractivity contribution in [3.63, 3.8) is 0 Å². The Morgan fingerprint density at radius 3 is 2.22 bits per heavy atom. The Kier molecular flexibility index (Phi) is 9.53. The first-order valence-corrected chi connectivity index (χ1v) is 13.0. The zero-order chi connectivity index (χ0) is 27.4. The van der Waals surface area contributed by atoms with Crippen LogP contribution < -0.4 is 21.3 Å². The van der Waals surface area contributed by atoms with Crippen molar-refractivity contribution >= 4 is 30.0 Å². The Morgan fingerprint density at radius 1 is 1.11 bits per heavy atom. The number of aldehydes is 1. The quantitative estimate of drug-likeness (QED) is 0.370. The van der Waals surface area contributed by atoms with Gasteiger partial charge in [0.1, 0.15) is 18.4 Å². The molecule has 0 unspecified atom stereocenters. The third-order valence-electron chi connectivity index (χ3n) is 6.93. The smallest absolute Gasteiger partial charge is 0.315 e. The Hall–Kier alpha value is -2.65. The van der Waals surface area contributed by atoms with Crippen LogP contribution in [-0.2, 0) is 19.2 Å². The van der Waals surface area contributed by atoms with E-state index in [1.807, 2.05) is 41.5 Å². The van der Waals surface area contributed by atoms with Gasteiger partial charge in [-0.2, -0.15) is 0 Å². The largest absolute Gasteiger partial charge is 0.356 e. The lowest BCUT2D eigenvalue weighted by molar-refractivity contribution is -0.142. The van der Waals surface area contributed by atoms with E-state index < -0.39 is 41.0 Å². The predicted octanol–water partition coefficient (Wildman–Crippen LogP) is 1.58. The minimum Gasteiger partial charge on any atom is -0.356 e. The van der Waals surface area contributed by atoms with Gasteiger partial charge in [-0.05, 0) is 57.3 Å². The van der Waals surface area contributed by atoms with E-state index in [9.17, 15) is 24.0 Å². The second kappa shape index (κ2) is 11.6. The number of hydrogen-bond donors (Lipinski definition) is 4. The van der Waals surface area contributed by atoms with E-state index in [0.29, 0.717) is 32.2 Å². The Bertz CT molecular complexity index is 845. The highest BCUT2D eigenvalue weighted by atomic mass is 16.2. The number of amides is 5. The first-order valence-electron chi connectivity index (χ1n) is 13.0. The highest BCUT2D eigenvalue weighted by Gasteiger charge is 2.46. The molecule has 0 spiro atoms. The van der Waals surface area contributed by atoms with Crippen LogP contribution in [-0.4, -0.2) is 71.7 Å². The fraction of sp³-hybridized carbons (Fsp3) is 0.808. The third-order valence-corrected chi connectivity index (χ3v) is 6.93. The van der Waals surface area contributed by atoms with Crippen LogP contribution in [0, 0.1) is 23.2 Å². The van der Waals surface area contributed by atoms with Crippen molar-refractivity contribution in [3.8, 4) is 0 Å². The van der Waals surface area contributed by atoms with Gasteiger partial charge < -0.3 is 31.0 Å². The predicted molar refractivity (Wildman–Crippen MR) is 137 cm³/mol. The molecule has 2 saturated heterocycles. The fourth-order valence-corrected chi connectivity index (χ4v) is 4.77. The van der Waals surface area contributed by atoms with Gasteiger partial charge >= 0.3 is 6.03 Å². The number of urea groups is 1. The topological polar surface area (TPSA) is 137 Å². The van der Waals surface area contributed by atoms with Gasteiger partial charge in [0.2, 0.25) is 17.7 Å². The van der Waals surface area contributed by atoms with Crippen molar-refractivity contribution < 1.29 is 24.0 Å². The molecule has 0 radical (unpaired) electrons. The van der Waals surface area contributed by atoms with Crippen LogP contribution >= 0.6 is 0 Å². The van der Waals surface area contributed by atoms with Gasteiger partial charge in [-0.15, -0.1) is 0 Å². The zero-order valence-electron chi connectivity index (χ0n) is 23.1. The molecular weight excluding hydrogens is 462 g/mol.